The van der Waals surface area contributed by atoms with Crippen LogP contribution in [0, 0.1) is 0 Å². The van der Waals surface area contributed by atoms with Crippen molar-refractivity contribution >= 4 is 34.9 Å². The zero-order chi connectivity index (χ0) is 15.5. The van der Waals surface area contributed by atoms with E-state index in [-0.39, 0.29) is 11.1 Å². The molecule has 0 bridgehead atoms. The van der Waals surface area contributed by atoms with Gasteiger partial charge in [0.05, 0.1) is 12.1 Å². The smallest absolute Gasteiger partial charge is 0.262 e. The van der Waals surface area contributed by atoms with E-state index in [1.807, 2.05) is 24.3 Å². The van der Waals surface area contributed by atoms with Gasteiger partial charge in [0.1, 0.15) is 11.0 Å². The summed E-state index contributed by atoms with van der Waals surface area (Å²) in [6, 6.07) is 10.9. The Morgan fingerprint density at radius 2 is 2.09 bits per heavy atom. The first-order valence-corrected chi connectivity index (χ1v) is 7.61. The number of nitrogens with zero attached hydrogens (tertiary/aromatic N) is 3. The number of carbonyl (C=O) groups is 1. The van der Waals surface area contributed by atoms with Gasteiger partial charge in [-0.25, -0.2) is 4.98 Å². The van der Waals surface area contributed by atoms with Crippen molar-refractivity contribution in [1.82, 2.24) is 9.88 Å². The van der Waals surface area contributed by atoms with Crippen LogP contribution in [-0.2, 0) is 6.42 Å². The van der Waals surface area contributed by atoms with Gasteiger partial charge in [-0.1, -0.05) is 35.3 Å². The molecule has 4 nitrogen and oxygen atoms in total. The molecule has 0 atom stereocenters. The summed E-state index contributed by atoms with van der Waals surface area (Å²) in [5, 5.41) is 0.880. The van der Waals surface area contributed by atoms with Crippen LogP contribution in [0.1, 0.15) is 15.9 Å². The molecule has 1 amide bonds. The predicted molar refractivity (Wildman–Crippen MR) is 87.7 cm³/mol. The minimum absolute atomic E-state index is 0.170. The van der Waals surface area contributed by atoms with Gasteiger partial charge in [0.25, 0.3) is 5.91 Å². The summed E-state index contributed by atoms with van der Waals surface area (Å²) in [4.78, 5) is 22.7. The van der Waals surface area contributed by atoms with Crippen LogP contribution in [0.15, 0.2) is 47.6 Å². The number of aliphatic imine (C=N–C) groups is 1. The monoisotopic (exact) mass is 333 g/mol. The summed E-state index contributed by atoms with van der Waals surface area (Å²) >= 11 is 12.0. The topological polar surface area (TPSA) is 45.6 Å². The Balaban J connectivity index is 1.81. The van der Waals surface area contributed by atoms with E-state index in [1.54, 1.807) is 23.2 Å². The average molecular weight is 334 g/mol. The number of hydrogen-bond donors (Lipinski definition) is 0. The van der Waals surface area contributed by atoms with Gasteiger partial charge in [0, 0.05) is 24.2 Å². The second-order valence-corrected chi connectivity index (χ2v) is 5.70. The summed E-state index contributed by atoms with van der Waals surface area (Å²) in [7, 11) is 0. The molecule has 1 aliphatic heterocycles. The lowest BCUT2D eigenvalue weighted by Crippen LogP contribution is -2.35. The number of rotatable bonds is 3. The number of benzene rings is 1. The van der Waals surface area contributed by atoms with E-state index in [0.717, 1.165) is 11.4 Å². The van der Waals surface area contributed by atoms with E-state index in [4.69, 9.17) is 23.2 Å². The molecule has 22 heavy (non-hydrogen) atoms. The highest BCUT2D eigenvalue weighted by molar-refractivity contribution is 6.33. The van der Waals surface area contributed by atoms with Gasteiger partial charge >= 0.3 is 0 Å². The maximum Gasteiger partial charge on any atom is 0.262 e. The number of carbonyl (C=O) groups excluding carboxylic acids is 1. The van der Waals surface area contributed by atoms with Crippen molar-refractivity contribution in [2.24, 2.45) is 4.99 Å². The summed E-state index contributed by atoms with van der Waals surface area (Å²) in [6.45, 7) is 1.15. The molecule has 0 spiro atoms. The van der Waals surface area contributed by atoms with Crippen molar-refractivity contribution in [3.8, 4) is 0 Å². The van der Waals surface area contributed by atoms with Crippen molar-refractivity contribution in [2.45, 2.75) is 6.42 Å². The van der Waals surface area contributed by atoms with Gasteiger partial charge in [0.2, 0.25) is 0 Å². The minimum atomic E-state index is -0.170. The summed E-state index contributed by atoms with van der Waals surface area (Å²) in [5.41, 5.74) is 1.41. The third kappa shape index (κ3) is 3.13. The highest BCUT2D eigenvalue weighted by Gasteiger charge is 2.26. The minimum Gasteiger partial charge on any atom is -0.294 e. The first-order valence-electron chi connectivity index (χ1n) is 6.85. The molecular formula is C16H13Cl2N3O. The Kier molecular flexibility index (Phi) is 4.41. The van der Waals surface area contributed by atoms with E-state index in [9.17, 15) is 4.79 Å². The van der Waals surface area contributed by atoms with Crippen LogP contribution in [0.4, 0.5) is 0 Å². The summed E-state index contributed by atoms with van der Waals surface area (Å²) < 4.78 is 0. The van der Waals surface area contributed by atoms with Crippen molar-refractivity contribution in [2.75, 3.05) is 13.1 Å². The summed E-state index contributed by atoms with van der Waals surface area (Å²) in [5.74, 6) is 0.559. The highest BCUT2D eigenvalue weighted by Crippen LogP contribution is 2.19. The largest absolute Gasteiger partial charge is 0.294 e. The molecule has 1 aliphatic rings. The first-order chi connectivity index (χ1) is 10.6. The third-order valence-electron chi connectivity index (χ3n) is 3.42. The Morgan fingerprint density at radius 1 is 1.23 bits per heavy atom. The fraction of sp³-hybridized carbons (Fsp3) is 0.188. The van der Waals surface area contributed by atoms with E-state index in [0.29, 0.717) is 30.1 Å². The fourth-order valence-corrected chi connectivity index (χ4v) is 2.80. The van der Waals surface area contributed by atoms with Crippen LogP contribution in [0.3, 0.4) is 0 Å². The highest BCUT2D eigenvalue weighted by atomic mass is 35.5. The van der Waals surface area contributed by atoms with Gasteiger partial charge < -0.3 is 0 Å². The van der Waals surface area contributed by atoms with Crippen molar-refractivity contribution in [3.05, 3.63) is 63.9 Å². The fourth-order valence-electron chi connectivity index (χ4n) is 2.38. The van der Waals surface area contributed by atoms with Crippen molar-refractivity contribution < 1.29 is 4.79 Å². The van der Waals surface area contributed by atoms with Crippen LogP contribution < -0.4 is 0 Å². The van der Waals surface area contributed by atoms with E-state index in [2.05, 4.69) is 9.98 Å². The number of amides is 1. The molecule has 0 saturated carbocycles. The van der Waals surface area contributed by atoms with Crippen LogP contribution in [0.5, 0.6) is 0 Å². The number of amidine groups is 1. The van der Waals surface area contributed by atoms with E-state index < -0.39 is 0 Å². The lowest BCUT2D eigenvalue weighted by atomic mass is 10.1. The Labute approximate surface area is 138 Å². The van der Waals surface area contributed by atoms with Crippen LogP contribution in [-0.4, -0.2) is 34.7 Å². The predicted octanol–water partition coefficient (Wildman–Crippen LogP) is 3.49. The third-order valence-corrected chi connectivity index (χ3v) is 3.95. The number of hydrogen-bond acceptors (Lipinski definition) is 3. The molecule has 2 heterocycles. The van der Waals surface area contributed by atoms with Gasteiger partial charge in [0.15, 0.2) is 0 Å². The first kappa shape index (κ1) is 15.0. The van der Waals surface area contributed by atoms with Crippen molar-refractivity contribution in [3.63, 3.8) is 0 Å². The molecule has 0 saturated heterocycles. The maximum atomic E-state index is 12.6. The standard InChI is InChI=1S/C16H13Cl2N3O/c17-12-4-1-3-11(9-12)10-14-19-7-8-21(14)16(22)13-5-2-6-20-15(13)18/h1-6,9H,7-8,10H2. The molecule has 2 aromatic rings. The molecule has 0 fully saturated rings. The normalized spacial score (nSPS) is 14.1. The molecule has 0 N–H and O–H groups in total. The van der Waals surface area contributed by atoms with Crippen molar-refractivity contribution in [1.29, 1.82) is 0 Å². The number of aromatic nitrogens is 1. The lowest BCUT2D eigenvalue weighted by molar-refractivity contribution is 0.0856. The average Bonchev–Trinajstić information content (AvgIpc) is 2.95. The quantitative estimate of drug-likeness (QED) is 0.807. The number of halogens is 2. The van der Waals surface area contributed by atoms with Gasteiger partial charge in [-0.3, -0.25) is 14.7 Å². The molecule has 112 valence electrons. The molecule has 1 aromatic heterocycles. The van der Waals surface area contributed by atoms with Crippen LogP contribution in [0.25, 0.3) is 0 Å². The molecule has 0 aliphatic carbocycles. The zero-order valence-corrected chi connectivity index (χ0v) is 13.2. The molecule has 0 radical (unpaired) electrons. The maximum absolute atomic E-state index is 12.6. The molecular weight excluding hydrogens is 321 g/mol. The van der Waals surface area contributed by atoms with E-state index in [1.165, 1.54) is 0 Å². The second-order valence-electron chi connectivity index (χ2n) is 4.90. The van der Waals surface area contributed by atoms with Gasteiger partial charge in [-0.15, -0.1) is 0 Å². The summed E-state index contributed by atoms with van der Waals surface area (Å²) in [6.07, 6.45) is 2.12. The molecule has 0 unspecified atom stereocenters. The van der Waals surface area contributed by atoms with E-state index >= 15 is 0 Å². The van der Waals surface area contributed by atoms with Crippen LogP contribution >= 0.6 is 23.2 Å². The van der Waals surface area contributed by atoms with Gasteiger partial charge in [-0.05, 0) is 29.8 Å². The Bertz CT molecular complexity index is 746. The Morgan fingerprint density at radius 3 is 2.86 bits per heavy atom. The lowest BCUT2D eigenvalue weighted by Gasteiger charge is -2.19. The SMILES string of the molecule is O=C(c1cccnc1Cl)N1CCN=C1Cc1cccc(Cl)c1. The number of pyridine rings is 1. The molecule has 3 rings (SSSR count). The Hall–Kier alpha value is -1.91. The van der Waals surface area contributed by atoms with Crippen LogP contribution in [0.2, 0.25) is 10.2 Å². The van der Waals surface area contributed by atoms with Gasteiger partial charge in [-0.2, -0.15) is 0 Å². The molecule has 6 heteroatoms. The second kappa shape index (κ2) is 6.46. The molecule has 1 aromatic carbocycles. The zero-order valence-electron chi connectivity index (χ0n) is 11.7.